The second-order valence-corrected chi connectivity index (χ2v) is 9.56. The molecule has 9 nitrogen and oxygen atoms in total. The van der Waals surface area contributed by atoms with Gasteiger partial charge in [0.1, 0.15) is 11.6 Å². The van der Waals surface area contributed by atoms with Crippen molar-refractivity contribution in [1.82, 2.24) is 29.3 Å². The molecule has 10 heteroatoms. The van der Waals surface area contributed by atoms with E-state index in [1.165, 1.54) is 10.9 Å². The van der Waals surface area contributed by atoms with Crippen LogP contribution in [0.15, 0.2) is 35.7 Å². The third-order valence-corrected chi connectivity index (χ3v) is 5.37. The molecule has 0 fully saturated rings. The summed E-state index contributed by atoms with van der Waals surface area (Å²) in [4.78, 5) is 12.7. The summed E-state index contributed by atoms with van der Waals surface area (Å²) >= 11 is 0. The van der Waals surface area contributed by atoms with E-state index in [0.29, 0.717) is 11.5 Å². The fourth-order valence-electron chi connectivity index (χ4n) is 2.68. The van der Waals surface area contributed by atoms with Gasteiger partial charge in [-0.2, -0.15) is 18.2 Å². The van der Waals surface area contributed by atoms with Crippen LogP contribution in [0.25, 0.3) is 5.95 Å². The summed E-state index contributed by atoms with van der Waals surface area (Å²) in [5.41, 5.74) is 0.428. The lowest BCUT2D eigenvalue weighted by Gasteiger charge is -2.13. The second-order valence-electron chi connectivity index (χ2n) is 7.93. The van der Waals surface area contributed by atoms with E-state index in [1.807, 2.05) is 34.6 Å². The molecule has 0 atom stereocenters. The molecule has 0 spiro atoms. The molecule has 3 rings (SSSR count). The minimum Gasteiger partial charge on any atom is -0.336 e. The van der Waals surface area contributed by atoms with Crippen LogP contribution in [0.3, 0.4) is 0 Å². The highest BCUT2D eigenvalue weighted by Crippen LogP contribution is 2.27. The molecule has 3 aromatic rings. The molecule has 3 heterocycles. The number of sulfonamides is 1. The third kappa shape index (κ3) is 3.91. The van der Waals surface area contributed by atoms with E-state index < -0.39 is 10.0 Å². The maximum Gasteiger partial charge on any atom is 0.282 e. The number of aryl methyl sites for hydroxylation is 1. The fraction of sp³-hybridized carbons (Fsp3) is 0.444. The Morgan fingerprint density at radius 3 is 2.32 bits per heavy atom. The van der Waals surface area contributed by atoms with Gasteiger partial charge in [-0.1, -0.05) is 34.6 Å². The molecule has 0 bridgehead atoms. The molecule has 0 radical (unpaired) electrons. The van der Waals surface area contributed by atoms with Crippen molar-refractivity contribution in [2.24, 2.45) is 7.05 Å². The van der Waals surface area contributed by atoms with E-state index >= 15 is 0 Å². The largest absolute Gasteiger partial charge is 0.336 e. The molecule has 150 valence electrons. The predicted octanol–water partition coefficient (Wildman–Crippen LogP) is 2.62. The Bertz CT molecular complexity index is 1080. The molecule has 28 heavy (non-hydrogen) atoms. The lowest BCUT2D eigenvalue weighted by atomic mass is 9.92. The summed E-state index contributed by atoms with van der Waals surface area (Å²) in [6.07, 6.45) is 4.65. The highest BCUT2D eigenvalue weighted by atomic mass is 32.2. The highest BCUT2D eigenvalue weighted by molar-refractivity contribution is 7.92. The molecule has 3 aromatic heterocycles. The van der Waals surface area contributed by atoms with Crippen LogP contribution < -0.4 is 4.72 Å². The minimum atomic E-state index is -3.91. The van der Waals surface area contributed by atoms with E-state index in [1.54, 1.807) is 36.1 Å². The van der Waals surface area contributed by atoms with E-state index in [0.717, 1.165) is 0 Å². The van der Waals surface area contributed by atoms with Crippen LogP contribution in [0.5, 0.6) is 0 Å². The van der Waals surface area contributed by atoms with Gasteiger partial charge in [-0.05, 0) is 6.07 Å². The monoisotopic (exact) mass is 403 g/mol. The molecular weight excluding hydrogens is 378 g/mol. The van der Waals surface area contributed by atoms with Crippen molar-refractivity contribution in [1.29, 1.82) is 0 Å². The summed E-state index contributed by atoms with van der Waals surface area (Å²) in [6, 6.07) is 3.38. The van der Waals surface area contributed by atoms with Gasteiger partial charge in [0, 0.05) is 43.0 Å². The van der Waals surface area contributed by atoms with Crippen molar-refractivity contribution in [2.75, 3.05) is 4.72 Å². The second kappa shape index (κ2) is 7.01. The van der Waals surface area contributed by atoms with Gasteiger partial charge in [0.2, 0.25) is 0 Å². The Morgan fingerprint density at radius 1 is 1.14 bits per heavy atom. The number of nitrogens with zero attached hydrogens (tertiary/aromatic N) is 6. The van der Waals surface area contributed by atoms with Gasteiger partial charge in [0.25, 0.3) is 16.0 Å². The smallest absolute Gasteiger partial charge is 0.282 e. The maximum absolute atomic E-state index is 13.0. The fourth-order valence-corrected chi connectivity index (χ4v) is 3.72. The number of hydrogen-bond donors (Lipinski definition) is 1. The third-order valence-electron chi connectivity index (χ3n) is 4.14. The van der Waals surface area contributed by atoms with Crippen molar-refractivity contribution < 1.29 is 8.42 Å². The van der Waals surface area contributed by atoms with Gasteiger partial charge >= 0.3 is 0 Å². The number of nitrogens with one attached hydrogen (secondary N) is 1. The number of anilines is 1. The lowest BCUT2D eigenvalue weighted by Crippen LogP contribution is -2.17. The van der Waals surface area contributed by atoms with Crippen LogP contribution in [-0.2, 0) is 22.5 Å². The van der Waals surface area contributed by atoms with Gasteiger partial charge in [-0.25, -0.2) is 15.0 Å². The van der Waals surface area contributed by atoms with E-state index in [-0.39, 0.29) is 28.1 Å². The van der Waals surface area contributed by atoms with Gasteiger partial charge in [-0.3, -0.25) is 4.72 Å². The number of rotatable bonds is 5. The predicted molar refractivity (Wildman–Crippen MR) is 106 cm³/mol. The Balaban J connectivity index is 2.06. The van der Waals surface area contributed by atoms with E-state index in [2.05, 4.69) is 24.8 Å². The first kappa shape index (κ1) is 20.0. The average molecular weight is 404 g/mol. The quantitative estimate of drug-likeness (QED) is 0.702. The first-order chi connectivity index (χ1) is 13.0. The molecular formula is C18H25N7O2S. The van der Waals surface area contributed by atoms with Crippen molar-refractivity contribution in [2.45, 2.75) is 51.0 Å². The Morgan fingerprint density at radius 2 is 1.79 bits per heavy atom. The van der Waals surface area contributed by atoms with Crippen LogP contribution in [0.1, 0.15) is 52.1 Å². The van der Waals surface area contributed by atoms with Gasteiger partial charge in [0.15, 0.2) is 5.03 Å². The molecule has 1 N–H and O–H groups in total. The molecule has 0 unspecified atom stereocenters. The summed E-state index contributed by atoms with van der Waals surface area (Å²) in [5, 5.41) is 4.48. The SMILES string of the molecule is CC(C)c1nc(S(=O)(=O)Nc2cc(C(C)(C)C)nn2-c2ncccn2)cn1C. The molecule has 0 aliphatic heterocycles. The van der Waals surface area contributed by atoms with Crippen LogP contribution in [0.2, 0.25) is 0 Å². The zero-order valence-electron chi connectivity index (χ0n) is 16.9. The highest BCUT2D eigenvalue weighted by Gasteiger charge is 2.26. The number of aromatic nitrogens is 6. The van der Waals surface area contributed by atoms with Crippen molar-refractivity contribution >= 4 is 15.8 Å². The summed E-state index contributed by atoms with van der Waals surface area (Å²) in [5.74, 6) is 1.33. The van der Waals surface area contributed by atoms with E-state index in [9.17, 15) is 8.42 Å². The first-order valence-electron chi connectivity index (χ1n) is 8.93. The molecule has 0 saturated carbocycles. The zero-order chi connectivity index (χ0) is 20.7. The Kier molecular flexibility index (Phi) is 5.00. The maximum atomic E-state index is 13.0. The summed E-state index contributed by atoms with van der Waals surface area (Å²) in [6.45, 7) is 9.92. The number of hydrogen-bond acceptors (Lipinski definition) is 6. The molecule has 0 aromatic carbocycles. The lowest BCUT2D eigenvalue weighted by molar-refractivity contribution is 0.558. The molecule has 0 aliphatic carbocycles. The van der Waals surface area contributed by atoms with Crippen molar-refractivity contribution in [3.05, 3.63) is 42.2 Å². The Labute approximate surface area is 164 Å². The summed E-state index contributed by atoms with van der Waals surface area (Å²) < 4.78 is 31.6. The van der Waals surface area contributed by atoms with Gasteiger partial charge < -0.3 is 4.57 Å². The Hall–Kier alpha value is -2.75. The van der Waals surface area contributed by atoms with Crippen LogP contribution >= 0.6 is 0 Å². The average Bonchev–Trinajstić information content (AvgIpc) is 3.19. The standard InChI is InChI=1S/C18H25N7O2S/c1-12(2)16-21-15(11-24(16)6)28(26,27)23-14-10-13(18(3,4)5)22-25(14)17-19-8-7-9-20-17/h7-12,23H,1-6H3. The number of imidazole rings is 1. The van der Waals surface area contributed by atoms with Crippen LogP contribution in [0, 0.1) is 0 Å². The van der Waals surface area contributed by atoms with Gasteiger partial charge in [-0.15, -0.1) is 0 Å². The molecule has 0 aliphatic rings. The normalized spacial score (nSPS) is 12.5. The topological polar surface area (TPSA) is 108 Å². The van der Waals surface area contributed by atoms with Gasteiger partial charge in [0.05, 0.1) is 5.69 Å². The molecule has 0 amide bonds. The molecule has 0 saturated heterocycles. The van der Waals surface area contributed by atoms with Crippen LogP contribution in [-0.4, -0.2) is 37.7 Å². The summed E-state index contributed by atoms with van der Waals surface area (Å²) in [7, 11) is -2.13. The van der Waals surface area contributed by atoms with Crippen LogP contribution in [0.4, 0.5) is 5.82 Å². The van der Waals surface area contributed by atoms with Crippen molar-refractivity contribution in [3.8, 4) is 5.95 Å². The van der Waals surface area contributed by atoms with E-state index in [4.69, 9.17) is 0 Å². The minimum absolute atomic E-state index is 0.0438. The first-order valence-corrected chi connectivity index (χ1v) is 10.4. The zero-order valence-corrected chi connectivity index (χ0v) is 17.7. The van der Waals surface area contributed by atoms with Crippen molar-refractivity contribution in [3.63, 3.8) is 0 Å².